The number of hydrogen-bond donors (Lipinski definition) is 4. The lowest BCUT2D eigenvalue weighted by Crippen LogP contribution is -2.37. The standard InChI is InChI=1S/C21H24BFN10O11P2/c1-38-13-7(2-39-45-35)42-20(33-6-29-11-17(33)30-21(25)31-18(11)34)14(13)44-46(36,37)40-3-8-12(43-22)9(23)19(41-8)32-5-28-10-15(24)26-4-27-16(10)32/h4-9,12-14,19-20H,2-3H2,1H3,(H,36,37)(H2,24,26,27)(H3,25,30,31,34). The number of nitrogens with two attached hydrogens (primary N) is 2. The van der Waals surface area contributed by atoms with Crippen molar-refractivity contribution in [2.45, 2.75) is 49.1 Å². The normalized spacial score (nSPS) is 29.6. The lowest BCUT2D eigenvalue weighted by atomic mass is 10.1. The van der Waals surface area contributed by atoms with E-state index in [1.807, 2.05) is 0 Å². The van der Waals surface area contributed by atoms with Crippen molar-refractivity contribution >= 4 is 58.7 Å². The molecule has 46 heavy (non-hydrogen) atoms. The van der Waals surface area contributed by atoms with Crippen LogP contribution in [0, 0.1) is 0 Å². The number of phosphoric acid groups is 1. The zero-order valence-corrected chi connectivity index (χ0v) is 25.2. The number of fused-ring (bicyclic) bond motifs is 2. The Morgan fingerprint density at radius 2 is 1.76 bits per heavy atom. The third kappa shape index (κ3) is 5.90. The number of alkyl halides is 1. The lowest BCUT2D eigenvalue weighted by molar-refractivity contribution is -0.0573. The van der Waals surface area contributed by atoms with Gasteiger partial charge in [-0.25, -0.2) is 33.5 Å². The molecule has 6 heterocycles. The quantitative estimate of drug-likeness (QED) is 0.108. The van der Waals surface area contributed by atoms with Gasteiger partial charge in [-0.15, -0.1) is 0 Å². The van der Waals surface area contributed by atoms with Crippen LogP contribution in [0.5, 0.6) is 0 Å². The summed E-state index contributed by atoms with van der Waals surface area (Å²) in [6.07, 6.45) is -7.42. The summed E-state index contributed by atoms with van der Waals surface area (Å²) in [7, 11) is 0.875. The van der Waals surface area contributed by atoms with Gasteiger partial charge in [-0.2, -0.15) is 4.98 Å². The highest BCUT2D eigenvalue weighted by Crippen LogP contribution is 2.50. The van der Waals surface area contributed by atoms with Crippen LogP contribution in [0.3, 0.4) is 0 Å². The minimum Gasteiger partial charge on any atom is -0.440 e. The maximum Gasteiger partial charge on any atom is 0.472 e. The molecule has 2 fully saturated rings. The molecule has 9 atom stereocenters. The van der Waals surface area contributed by atoms with E-state index in [0.29, 0.717) is 0 Å². The van der Waals surface area contributed by atoms with Crippen LogP contribution in [-0.2, 0) is 41.6 Å². The van der Waals surface area contributed by atoms with E-state index in [1.165, 1.54) is 28.9 Å². The third-order valence-corrected chi connectivity index (χ3v) is 8.56. The number of methoxy groups -OCH3 is 1. The van der Waals surface area contributed by atoms with Gasteiger partial charge in [0, 0.05) is 7.11 Å². The molecule has 0 aromatic carbocycles. The highest BCUT2D eigenvalue weighted by molar-refractivity contribution is 7.47. The fourth-order valence-corrected chi connectivity index (χ4v) is 6.46. The van der Waals surface area contributed by atoms with Crippen LogP contribution in [0.1, 0.15) is 12.5 Å². The molecule has 2 aliphatic heterocycles. The minimum absolute atomic E-state index is 0.0479. The molecule has 244 valence electrons. The van der Waals surface area contributed by atoms with E-state index in [9.17, 15) is 18.8 Å². The van der Waals surface area contributed by atoms with Crippen LogP contribution in [0.2, 0.25) is 0 Å². The first-order valence-corrected chi connectivity index (χ1v) is 15.4. The van der Waals surface area contributed by atoms with Crippen molar-refractivity contribution in [3.63, 3.8) is 0 Å². The molecular weight excluding hydrogens is 660 g/mol. The van der Waals surface area contributed by atoms with E-state index in [1.54, 1.807) is 0 Å². The molecule has 0 bridgehead atoms. The van der Waals surface area contributed by atoms with Crippen LogP contribution in [0.25, 0.3) is 22.3 Å². The molecule has 9 unspecified atom stereocenters. The largest absolute Gasteiger partial charge is 0.472 e. The van der Waals surface area contributed by atoms with Gasteiger partial charge in [0.25, 0.3) is 13.6 Å². The van der Waals surface area contributed by atoms with Crippen molar-refractivity contribution < 1.29 is 50.9 Å². The van der Waals surface area contributed by atoms with E-state index in [0.717, 1.165) is 6.33 Å². The summed E-state index contributed by atoms with van der Waals surface area (Å²) >= 11 is 0. The van der Waals surface area contributed by atoms with Gasteiger partial charge in [-0.1, -0.05) is 0 Å². The van der Waals surface area contributed by atoms with Crippen LogP contribution >= 0.6 is 16.5 Å². The second kappa shape index (κ2) is 13.0. The molecule has 0 saturated carbocycles. The molecular formula is C21H24BFN10O11P2. The molecule has 2 aliphatic rings. The molecule has 6 rings (SSSR count). The van der Waals surface area contributed by atoms with Crippen LogP contribution in [0.15, 0.2) is 23.8 Å². The number of nitrogens with zero attached hydrogens (tertiary/aromatic N) is 7. The van der Waals surface area contributed by atoms with Gasteiger partial charge >= 0.3 is 16.5 Å². The molecule has 2 radical (unpaired) electrons. The fraction of sp³-hybridized carbons (Fsp3) is 0.524. The molecule has 4 aromatic rings. The van der Waals surface area contributed by atoms with Crippen molar-refractivity contribution in [2.24, 2.45) is 0 Å². The van der Waals surface area contributed by atoms with Gasteiger partial charge in [0.15, 0.2) is 41.3 Å². The Balaban J connectivity index is 1.23. The Labute approximate surface area is 259 Å². The maximum absolute atomic E-state index is 15.5. The number of aromatic amines is 1. The Kier molecular flexibility index (Phi) is 9.14. The van der Waals surface area contributed by atoms with Gasteiger partial charge in [-0.05, 0) is 0 Å². The molecule has 0 amide bonds. The number of ether oxygens (including phenoxy) is 3. The zero-order chi connectivity index (χ0) is 32.7. The van der Waals surface area contributed by atoms with Gasteiger partial charge in [0.05, 0.1) is 25.9 Å². The zero-order valence-electron chi connectivity index (χ0n) is 23.4. The number of imidazole rings is 2. The van der Waals surface area contributed by atoms with Crippen molar-refractivity contribution in [1.29, 1.82) is 0 Å². The van der Waals surface area contributed by atoms with E-state index in [4.69, 9.17) is 52.0 Å². The SMILES string of the molecule is [B]OC1C(COP(=O)(O)OC2C(OC)C(COP=O)OC2n2cnc3c(=O)[nH]c(N)nc32)OC(n2cnc3c(N)ncnc32)C1F. The van der Waals surface area contributed by atoms with Gasteiger partial charge in [-0.3, -0.25) is 32.5 Å². The minimum atomic E-state index is -5.06. The number of H-pyrrole nitrogens is 1. The Morgan fingerprint density at radius 1 is 1.07 bits per heavy atom. The average Bonchev–Trinajstić information content (AvgIpc) is 3.78. The van der Waals surface area contributed by atoms with E-state index in [2.05, 4.69) is 29.9 Å². The van der Waals surface area contributed by atoms with E-state index < -0.39 is 77.8 Å². The Morgan fingerprint density at radius 3 is 2.48 bits per heavy atom. The van der Waals surface area contributed by atoms with Crippen LogP contribution < -0.4 is 17.0 Å². The number of halogens is 1. The van der Waals surface area contributed by atoms with Gasteiger partial charge in [0.2, 0.25) is 5.95 Å². The summed E-state index contributed by atoms with van der Waals surface area (Å²) in [5.41, 5.74) is 11.1. The number of nitrogens with one attached hydrogen (secondary N) is 1. The molecule has 2 saturated heterocycles. The fourth-order valence-electron chi connectivity index (χ4n) is 5.32. The number of phosphoric ester groups is 1. The number of aromatic nitrogens is 8. The average molecular weight is 684 g/mol. The molecule has 6 N–H and O–H groups in total. The molecule has 0 aliphatic carbocycles. The highest BCUT2D eigenvalue weighted by atomic mass is 31.2. The summed E-state index contributed by atoms with van der Waals surface area (Å²) in [6, 6.07) is 0. The number of anilines is 2. The summed E-state index contributed by atoms with van der Waals surface area (Å²) in [5.74, 6) is -0.182. The molecule has 21 nitrogen and oxygen atoms in total. The lowest BCUT2D eigenvalue weighted by Gasteiger charge is -2.26. The van der Waals surface area contributed by atoms with Crippen LogP contribution in [-0.4, -0.2) is 109 Å². The second-order valence-corrected chi connectivity index (χ2v) is 11.8. The predicted octanol–water partition coefficient (Wildman–Crippen LogP) is -0.534. The predicted molar refractivity (Wildman–Crippen MR) is 151 cm³/mol. The molecule has 25 heteroatoms. The maximum atomic E-state index is 15.5. The number of hydrogen-bond acceptors (Lipinski definition) is 17. The number of rotatable bonds is 12. The van der Waals surface area contributed by atoms with E-state index >= 15 is 4.39 Å². The molecule has 0 spiro atoms. The third-order valence-electron chi connectivity index (χ3n) is 7.32. The Hall–Kier alpha value is -3.50. The van der Waals surface area contributed by atoms with Crippen LogP contribution in [0.4, 0.5) is 16.2 Å². The van der Waals surface area contributed by atoms with Crippen molar-refractivity contribution in [2.75, 3.05) is 31.8 Å². The van der Waals surface area contributed by atoms with Gasteiger partial charge < -0.3 is 35.2 Å². The topological polar surface area (TPSA) is 278 Å². The molecule has 4 aromatic heterocycles. The summed E-state index contributed by atoms with van der Waals surface area (Å²) in [5, 5.41) is 0. The van der Waals surface area contributed by atoms with Crippen molar-refractivity contribution in [3.05, 3.63) is 29.3 Å². The smallest absolute Gasteiger partial charge is 0.440 e. The van der Waals surface area contributed by atoms with Crippen molar-refractivity contribution in [3.8, 4) is 0 Å². The highest BCUT2D eigenvalue weighted by Gasteiger charge is 2.52. The summed E-state index contributed by atoms with van der Waals surface area (Å²) < 4.78 is 79.9. The Bertz CT molecular complexity index is 1850. The van der Waals surface area contributed by atoms with E-state index in [-0.39, 0.29) is 40.7 Å². The first-order chi connectivity index (χ1) is 22.1. The first-order valence-electron chi connectivity index (χ1n) is 13.2. The van der Waals surface area contributed by atoms with Crippen molar-refractivity contribution in [1.82, 2.24) is 39.0 Å². The van der Waals surface area contributed by atoms with Gasteiger partial charge in [0.1, 0.15) is 42.4 Å². The summed E-state index contributed by atoms with van der Waals surface area (Å²) in [4.78, 5) is 45.5. The first kappa shape index (κ1) is 32.4. The number of nitrogen functional groups attached to an aromatic ring is 2. The summed E-state index contributed by atoms with van der Waals surface area (Å²) in [6.45, 7) is -1.04. The monoisotopic (exact) mass is 684 g/mol. The second-order valence-electron chi connectivity index (χ2n) is 9.94.